The van der Waals surface area contributed by atoms with Crippen LogP contribution in [0, 0.1) is 11.8 Å². The molecule has 3 rings (SSSR count). The van der Waals surface area contributed by atoms with E-state index in [0.717, 1.165) is 36.4 Å². The van der Waals surface area contributed by atoms with Crippen LogP contribution < -0.4 is 15.2 Å². The fraction of sp³-hybridized carbons (Fsp3) is 0.625. The van der Waals surface area contributed by atoms with Crippen LogP contribution in [-0.4, -0.2) is 31.3 Å². The molecular formula is C16H24N2O2. The van der Waals surface area contributed by atoms with Gasteiger partial charge in [0.25, 0.3) is 0 Å². The predicted molar refractivity (Wildman–Crippen MR) is 78.9 cm³/mol. The number of likely N-dealkylation sites (tertiary alicyclic amines) is 1. The molecule has 0 radical (unpaired) electrons. The zero-order valence-corrected chi connectivity index (χ0v) is 12.3. The molecule has 0 amide bonds. The second kappa shape index (κ2) is 5.62. The van der Waals surface area contributed by atoms with E-state index in [9.17, 15) is 0 Å². The van der Waals surface area contributed by atoms with Crippen molar-refractivity contribution in [3.63, 3.8) is 0 Å². The van der Waals surface area contributed by atoms with Gasteiger partial charge in [0.15, 0.2) is 11.5 Å². The average molecular weight is 276 g/mol. The molecule has 0 aliphatic carbocycles. The van der Waals surface area contributed by atoms with Gasteiger partial charge in [0, 0.05) is 25.7 Å². The van der Waals surface area contributed by atoms with Gasteiger partial charge in [0.2, 0.25) is 6.79 Å². The third-order valence-electron chi connectivity index (χ3n) is 4.34. The second-order valence-corrected chi connectivity index (χ2v) is 6.26. The minimum absolute atomic E-state index is 0.273. The molecule has 1 aromatic carbocycles. The maximum Gasteiger partial charge on any atom is 0.231 e. The van der Waals surface area contributed by atoms with E-state index in [1.54, 1.807) is 0 Å². The Morgan fingerprint density at radius 1 is 1.20 bits per heavy atom. The number of hydrogen-bond donors (Lipinski definition) is 1. The molecule has 0 spiro atoms. The highest BCUT2D eigenvalue weighted by molar-refractivity contribution is 5.45. The van der Waals surface area contributed by atoms with Crippen molar-refractivity contribution in [2.24, 2.45) is 17.6 Å². The molecule has 2 aliphatic heterocycles. The number of piperidine rings is 1. The summed E-state index contributed by atoms with van der Waals surface area (Å²) in [5.74, 6) is 3.16. The molecular weight excluding hydrogens is 252 g/mol. The molecule has 1 aromatic rings. The molecule has 20 heavy (non-hydrogen) atoms. The quantitative estimate of drug-likeness (QED) is 0.921. The van der Waals surface area contributed by atoms with Gasteiger partial charge in [0.1, 0.15) is 0 Å². The molecule has 0 bridgehead atoms. The number of nitrogens with zero attached hydrogens (tertiary/aromatic N) is 1. The monoisotopic (exact) mass is 276 g/mol. The molecule has 3 unspecified atom stereocenters. The van der Waals surface area contributed by atoms with Crippen LogP contribution in [0.15, 0.2) is 18.2 Å². The number of rotatable bonds is 3. The molecule has 0 saturated carbocycles. The maximum absolute atomic E-state index is 6.06. The predicted octanol–water partition coefficient (Wildman–Crippen LogP) is 2.39. The van der Waals surface area contributed by atoms with E-state index in [0.29, 0.717) is 13.3 Å². The van der Waals surface area contributed by atoms with Crippen molar-refractivity contribution >= 4 is 0 Å². The lowest BCUT2D eigenvalue weighted by molar-refractivity contribution is 0.0983. The zero-order chi connectivity index (χ0) is 14.1. The minimum atomic E-state index is 0.273. The Kier molecular flexibility index (Phi) is 3.85. The third-order valence-corrected chi connectivity index (χ3v) is 4.34. The summed E-state index contributed by atoms with van der Waals surface area (Å²) in [5, 5.41) is 0. The van der Waals surface area contributed by atoms with E-state index in [-0.39, 0.29) is 6.04 Å². The summed E-state index contributed by atoms with van der Waals surface area (Å²) >= 11 is 0. The average Bonchev–Trinajstić information content (AvgIpc) is 2.86. The van der Waals surface area contributed by atoms with Crippen LogP contribution in [0.2, 0.25) is 0 Å². The SMILES string of the molecule is CC1CC(C)CN(C(CN)c2ccc3c(c2)OCO3)C1. The first kappa shape index (κ1) is 13.7. The van der Waals surface area contributed by atoms with Crippen molar-refractivity contribution in [2.75, 3.05) is 26.4 Å². The molecule has 110 valence electrons. The second-order valence-electron chi connectivity index (χ2n) is 6.26. The van der Waals surface area contributed by atoms with Gasteiger partial charge in [0.05, 0.1) is 0 Å². The van der Waals surface area contributed by atoms with Crippen LogP contribution in [0.1, 0.15) is 31.9 Å². The van der Waals surface area contributed by atoms with Crippen molar-refractivity contribution in [1.82, 2.24) is 4.90 Å². The summed E-state index contributed by atoms with van der Waals surface area (Å²) in [4.78, 5) is 2.52. The van der Waals surface area contributed by atoms with Crippen molar-refractivity contribution in [3.05, 3.63) is 23.8 Å². The summed E-state index contributed by atoms with van der Waals surface area (Å²) in [6, 6.07) is 6.48. The summed E-state index contributed by atoms with van der Waals surface area (Å²) < 4.78 is 10.9. The maximum atomic E-state index is 6.06. The molecule has 4 heteroatoms. The smallest absolute Gasteiger partial charge is 0.231 e. The van der Waals surface area contributed by atoms with E-state index in [1.807, 2.05) is 6.07 Å². The molecule has 4 nitrogen and oxygen atoms in total. The molecule has 2 N–H and O–H groups in total. The van der Waals surface area contributed by atoms with E-state index in [4.69, 9.17) is 15.2 Å². The first-order valence-electron chi connectivity index (χ1n) is 7.51. The largest absolute Gasteiger partial charge is 0.454 e. The first-order valence-corrected chi connectivity index (χ1v) is 7.51. The van der Waals surface area contributed by atoms with E-state index < -0.39 is 0 Å². The number of fused-ring (bicyclic) bond motifs is 1. The highest BCUT2D eigenvalue weighted by Crippen LogP contribution is 2.36. The van der Waals surface area contributed by atoms with E-state index >= 15 is 0 Å². The third kappa shape index (κ3) is 2.63. The Labute approximate surface area is 120 Å². The van der Waals surface area contributed by atoms with Gasteiger partial charge in [-0.15, -0.1) is 0 Å². The van der Waals surface area contributed by atoms with Gasteiger partial charge in [-0.2, -0.15) is 0 Å². The lowest BCUT2D eigenvalue weighted by Crippen LogP contribution is -2.43. The first-order chi connectivity index (χ1) is 9.67. The number of ether oxygens (including phenoxy) is 2. The fourth-order valence-corrected chi connectivity index (χ4v) is 3.58. The Morgan fingerprint density at radius 3 is 2.60 bits per heavy atom. The van der Waals surface area contributed by atoms with Gasteiger partial charge in [-0.1, -0.05) is 19.9 Å². The van der Waals surface area contributed by atoms with Crippen LogP contribution in [0.25, 0.3) is 0 Å². The fourth-order valence-electron chi connectivity index (χ4n) is 3.58. The van der Waals surface area contributed by atoms with Crippen LogP contribution in [0.4, 0.5) is 0 Å². The Morgan fingerprint density at radius 2 is 1.90 bits per heavy atom. The topological polar surface area (TPSA) is 47.7 Å². The highest BCUT2D eigenvalue weighted by atomic mass is 16.7. The highest BCUT2D eigenvalue weighted by Gasteiger charge is 2.28. The summed E-state index contributed by atoms with van der Waals surface area (Å²) in [5.41, 5.74) is 7.29. The van der Waals surface area contributed by atoms with Crippen LogP contribution in [-0.2, 0) is 0 Å². The normalized spacial score (nSPS) is 27.6. The lowest BCUT2D eigenvalue weighted by atomic mass is 9.89. The molecule has 1 saturated heterocycles. The number of benzene rings is 1. The van der Waals surface area contributed by atoms with Crippen LogP contribution in [0.3, 0.4) is 0 Å². The van der Waals surface area contributed by atoms with Gasteiger partial charge in [-0.05, 0) is 36.0 Å². The molecule has 0 aromatic heterocycles. The lowest BCUT2D eigenvalue weighted by Gasteiger charge is -2.40. The number of hydrogen-bond acceptors (Lipinski definition) is 4. The van der Waals surface area contributed by atoms with Gasteiger partial charge >= 0.3 is 0 Å². The summed E-state index contributed by atoms with van der Waals surface area (Å²) in [7, 11) is 0. The van der Waals surface area contributed by atoms with Gasteiger partial charge in [-0.25, -0.2) is 0 Å². The van der Waals surface area contributed by atoms with Crippen LogP contribution in [0.5, 0.6) is 11.5 Å². The zero-order valence-electron chi connectivity index (χ0n) is 12.3. The Balaban J connectivity index is 1.82. The molecule has 3 atom stereocenters. The van der Waals surface area contributed by atoms with Crippen molar-refractivity contribution in [1.29, 1.82) is 0 Å². The summed E-state index contributed by atoms with van der Waals surface area (Å²) in [6.07, 6.45) is 1.31. The molecule has 1 fully saturated rings. The van der Waals surface area contributed by atoms with Crippen molar-refractivity contribution < 1.29 is 9.47 Å². The van der Waals surface area contributed by atoms with Crippen molar-refractivity contribution in [2.45, 2.75) is 26.3 Å². The van der Waals surface area contributed by atoms with Gasteiger partial charge < -0.3 is 15.2 Å². The van der Waals surface area contributed by atoms with Gasteiger partial charge in [-0.3, -0.25) is 4.90 Å². The Bertz CT molecular complexity index is 468. The molecule has 2 heterocycles. The molecule has 2 aliphatic rings. The minimum Gasteiger partial charge on any atom is -0.454 e. The van der Waals surface area contributed by atoms with Crippen molar-refractivity contribution in [3.8, 4) is 11.5 Å². The van der Waals surface area contributed by atoms with Crippen LogP contribution >= 0.6 is 0 Å². The summed E-state index contributed by atoms with van der Waals surface area (Å²) in [6.45, 7) is 7.87. The number of nitrogens with two attached hydrogens (primary N) is 1. The van der Waals surface area contributed by atoms with E-state index in [1.165, 1.54) is 12.0 Å². The standard InChI is InChI=1S/C16H24N2O2/c1-11-5-12(2)9-18(8-11)14(7-17)13-3-4-15-16(6-13)20-10-19-15/h3-4,6,11-12,14H,5,7-10,17H2,1-2H3. The van der Waals surface area contributed by atoms with E-state index in [2.05, 4.69) is 30.9 Å². The Hall–Kier alpha value is -1.26.